The van der Waals surface area contributed by atoms with Gasteiger partial charge in [-0.05, 0) is 18.6 Å². The number of rotatable bonds is 3. The van der Waals surface area contributed by atoms with E-state index in [4.69, 9.17) is 21.5 Å². The summed E-state index contributed by atoms with van der Waals surface area (Å²) in [7, 11) is 0. The monoisotopic (exact) mass is 219 g/mol. The highest BCUT2D eigenvalue weighted by molar-refractivity contribution is 5.78. The summed E-state index contributed by atoms with van der Waals surface area (Å²) in [5.74, 6) is -0.386. The number of hydrogen-bond acceptors (Lipinski definition) is 5. The number of nitrogens with zero attached hydrogens (tertiary/aromatic N) is 1. The molecule has 0 spiro atoms. The van der Waals surface area contributed by atoms with Crippen molar-refractivity contribution in [2.24, 2.45) is 0 Å². The topological polar surface area (TPSA) is 102 Å². The molecule has 4 N–H and O–H groups in total. The van der Waals surface area contributed by atoms with Crippen LogP contribution >= 0.6 is 0 Å². The summed E-state index contributed by atoms with van der Waals surface area (Å²) in [6.07, 6.45) is 0.0290. The molecule has 0 aliphatic rings. The van der Waals surface area contributed by atoms with Crippen LogP contribution in [0.1, 0.15) is 18.1 Å². The van der Waals surface area contributed by atoms with E-state index in [1.54, 1.807) is 19.1 Å². The number of carbonyl (C=O) groups excluding carboxylic acids is 1. The molecule has 1 aromatic rings. The summed E-state index contributed by atoms with van der Waals surface area (Å²) >= 11 is 0. The van der Waals surface area contributed by atoms with Crippen LogP contribution in [0.5, 0.6) is 0 Å². The van der Waals surface area contributed by atoms with E-state index in [-0.39, 0.29) is 23.6 Å². The van der Waals surface area contributed by atoms with Crippen LogP contribution in [0, 0.1) is 11.3 Å². The zero-order chi connectivity index (χ0) is 12.1. The lowest BCUT2D eigenvalue weighted by Gasteiger charge is -2.08. The standard InChI is InChI=1S/C11H13N3O2/c1-2-16-10(15)5-7-3-4-9(13)11(14)8(7)6-12/h3-4H,2,5,13-14H2,1H3. The second-order valence-corrected chi connectivity index (χ2v) is 3.20. The van der Waals surface area contributed by atoms with Gasteiger partial charge in [0.25, 0.3) is 0 Å². The van der Waals surface area contributed by atoms with Crippen molar-refractivity contribution in [1.82, 2.24) is 0 Å². The van der Waals surface area contributed by atoms with E-state index >= 15 is 0 Å². The molecule has 0 radical (unpaired) electrons. The molecule has 0 atom stereocenters. The number of ether oxygens (including phenoxy) is 1. The first kappa shape index (κ1) is 11.9. The van der Waals surface area contributed by atoms with Gasteiger partial charge in [-0.3, -0.25) is 4.79 Å². The normalized spacial score (nSPS) is 9.50. The van der Waals surface area contributed by atoms with E-state index < -0.39 is 0 Å². The van der Waals surface area contributed by atoms with E-state index in [1.807, 2.05) is 6.07 Å². The summed E-state index contributed by atoms with van der Waals surface area (Å²) in [4.78, 5) is 11.3. The van der Waals surface area contributed by atoms with Crippen LogP contribution < -0.4 is 11.5 Å². The van der Waals surface area contributed by atoms with E-state index in [2.05, 4.69) is 0 Å². The maximum atomic E-state index is 11.3. The highest BCUT2D eigenvalue weighted by Crippen LogP contribution is 2.23. The quantitative estimate of drug-likeness (QED) is 0.579. The second kappa shape index (κ2) is 5.03. The zero-order valence-corrected chi connectivity index (χ0v) is 8.99. The van der Waals surface area contributed by atoms with E-state index in [0.29, 0.717) is 17.9 Å². The number of nitrogen functional groups attached to an aromatic ring is 2. The predicted octanol–water partition coefficient (Wildman–Crippen LogP) is 0.828. The van der Waals surface area contributed by atoms with Crippen LogP contribution in [0.4, 0.5) is 11.4 Å². The van der Waals surface area contributed by atoms with Crippen molar-refractivity contribution in [2.75, 3.05) is 18.1 Å². The number of esters is 1. The molecule has 0 amide bonds. The first-order chi connectivity index (χ1) is 7.60. The van der Waals surface area contributed by atoms with E-state index in [9.17, 15) is 4.79 Å². The Labute approximate surface area is 93.6 Å². The minimum atomic E-state index is -0.386. The van der Waals surface area contributed by atoms with Gasteiger partial charge in [-0.1, -0.05) is 6.07 Å². The molecule has 0 unspecified atom stereocenters. The van der Waals surface area contributed by atoms with Crippen LogP contribution in [-0.4, -0.2) is 12.6 Å². The van der Waals surface area contributed by atoms with Crippen LogP contribution in [0.25, 0.3) is 0 Å². The maximum Gasteiger partial charge on any atom is 0.310 e. The third-order valence-corrected chi connectivity index (χ3v) is 2.12. The molecule has 84 valence electrons. The Morgan fingerprint density at radius 2 is 2.19 bits per heavy atom. The van der Waals surface area contributed by atoms with E-state index in [0.717, 1.165) is 0 Å². The van der Waals surface area contributed by atoms with Gasteiger partial charge in [0.1, 0.15) is 6.07 Å². The summed E-state index contributed by atoms with van der Waals surface area (Å²) in [5, 5.41) is 8.93. The highest BCUT2D eigenvalue weighted by atomic mass is 16.5. The molecule has 16 heavy (non-hydrogen) atoms. The predicted molar refractivity (Wildman–Crippen MR) is 60.3 cm³/mol. The number of anilines is 2. The van der Waals surface area contributed by atoms with Gasteiger partial charge in [0.15, 0.2) is 0 Å². The fraction of sp³-hybridized carbons (Fsp3) is 0.273. The van der Waals surface area contributed by atoms with Crippen LogP contribution in [0.15, 0.2) is 12.1 Å². The Morgan fingerprint density at radius 3 is 2.75 bits per heavy atom. The highest BCUT2D eigenvalue weighted by Gasteiger charge is 2.12. The molecule has 0 aromatic heterocycles. The van der Waals surface area contributed by atoms with Crippen molar-refractivity contribution in [3.8, 4) is 6.07 Å². The molecule has 5 heteroatoms. The lowest BCUT2D eigenvalue weighted by molar-refractivity contribution is -0.142. The molecule has 0 saturated carbocycles. The van der Waals surface area contributed by atoms with Gasteiger partial charge in [-0.2, -0.15) is 5.26 Å². The van der Waals surface area contributed by atoms with Crippen LogP contribution in [-0.2, 0) is 16.0 Å². The third kappa shape index (κ3) is 2.42. The summed E-state index contributed by atoms with van der Waals surface area (Å²) in [5.41, 5.74) is 12.5. The minimum Gasteiger partial charge on any atom is -0.466 e. The summed E-state index contributed by atoms with van der Waals surface area (Å²) in [6, 6.07) is 5.13. The Kier molecular flexibility index (Phi) is 3.72. The first-order valence-electron chi connectivity index (χ1n) is 4.82. The van der Waals surface area contributed by atoms with Crippen molar-refractivity contribution >= 4 is 17.3 Å². The molecular formula is C11H13N3O2. The zero-order valence-electron chi connectivity index (χ0n) is 8.99. The Hall–Kier alpha value is -2.22. The van der Waals surface area contributed by atoms with Gasteiger partial charge in [0, 0.05) is 0 Å². The van der Waals surface area contributed by atoms with Crippen molar-refractivity contribution in [3.05, 3.63) is 23.3 Å². The summed E-state index contributed by atoms with van der Waals surface area (Å²) in [6.45, 7) is 2.03. The summed E-state index contributed by atoms with van der Waals surface area (Å²) < 4.78 is 4.79. The number of benzene rings is 1. The van der Waals surface area contributed by atoms with Gasteiger partial charge >= 0.3 is 5.97 Å². The molecular weight excluding hydrogens is 206 g/mol. The maximum absolute atomic E-state index is 11.3. The average molecular weight is 219 g/mol. The van der Waals surface area contributed by atoms with Gasteiger partial charge in [-0.15, -0.1) is 0 Å². The van der Waals surface area contributed by atoms with Crippen molar-refractivity contribution < 1.29 is 9.53 Å². The Bertz CT molecular complexity index is 449. The van der Waals surface area contributed by atoms with Crippen LogP contribution in [0.3, 0.4) is 0 Å². The van der Waals surface area contributed by atoms with E-state index in [1.165, 1.54) is 0 Å². The molecule has 0 saturated heterocycles. The number of hydrogen-bond donors (Lipinski definition) is 2. The SMILES string of the molecule is CCOC(=O)Cc1ccc(N)c(N)c1C#N. The lowest BCUT2D eigenvalue weighted by Crippen LogP contribution is -2.10. The Morgan fingerprint density at radius 1 is 1.50 bits per heavy atom. The largest absolute Gasteiger partial charge is 0.466 e. The van der Waals surface area contributed by atoms with Gasteiger partial charge in [0.05, 0.1) is 30.0 Å². The number of carbonyl (C=O) groups is 1. The average Bonchev–Trinajstić information content (AvgIpc) is 2.24. The molecule has 0 heterocycles. The molecule has 1 aromatic carbocycles. The van der Waals surface area contributed by atoms with Gasteiger partial charge in [0.2, 0.25) is 0 Å². The minimum absolute atomic E-state index is 0.0290. The number of nitrogens with two attached hydrogens (primary N) is 2. The molecule has 0 aliphatic carbocycles. The van der Waals surface area contributed by atoms with Gasteiger partial charge in [-0.25, -0.2) is 0 Å². The fourth-order valence-electron chi connectivity index (χ4n) is 1.33. The van der Waals surface area contributed by atoms with Crippen molar-refractivity contribution in [1.29, 1.82) is 5.26 Å². The molecule has 1 rings (SSSR count). The number of nitriles is 1. The third-order valence-electron chi connectivity index (χ3n) is 2.12. The molecule has 0 aliphatic heterocycles. The first-order valence-corrected chi connectivity index (χ1v) is 4.82. The fourth-order valence-corrected chi connectivity index (χ4v) is 1.33. The van der Waals surface area contributed by atoms with Crippen molar-refractivity contribution in [3.63, 3.8) is 0 Å². The smallest absolute Gasteiger partial charge is 0.310 e. The second-order valence-electron chi connectivity index (χ2n) is 3.20. The molecule has 0 fully saturated rings. The van der Waals surface area contributed by atoms with Crippen LogP contribution in [0.2, 0.25) is 0 Å². The van der Waals surface area contributed by atoms with Crippen molar-refractivity contribution in [2.45, 2.75) is 13.3 Å². The molecule has 5 nitrogen and oxygen atoms in total. The van der Waals surface area contributed by atoms with Gasteiger partial charge < -0.3 is 16.2 Å². The lowest BCUT2D eigenvalue weighted by atomic mass is 10.0. The Balaban J connectivity index is 3.02. The molecule has 0 bridgehead atoms.